The molecule has 112 valence electrons. The Hall–Kier alpha value is -1.22. The quantitative estimate of drug-likeness (QED) is 0.646. The van der Waals surface area contributed by atoms with E-state index < -0.39 is 5.41 Å². The first-order valence-corrected chi connectivity index (χ1v) is 7.36. The Kier molecular flexibility index (Phi) is 5.88. The van der Waals surface area contributed by atoms with Crippen LogP contribution in [0.1, 0.15) is 30.5 Å². The third kappa shape index (κ3) is 4.41. The van der Waals surface area contributed by atoms with E-state index in [0.717, 1.165) is 11.3 Å². The second-order valence-corrected chi connectivity index (χ2v) is 6.09. The van der Waals surface area contributed by atoms with Crippen LogP contribution in [0.3, 0.4) is 0 Å². The third-order valence-corrected chi connectivity index (χ3v) is 4.03. The van der Waals surface area contributed by atoms with Gasteiger partial charge in [-0.15, -0.1) is 11.6 Å². The fraction of sp³-hybridized carbons (Fsp3) is 0.562. The second kappa shape index (κ2) is 6.98. The molecule has 0 fully saturated rings. The minimum atomic E-state index is -0.544. The van der Waals surface area contributed by atoms with Crippen molar-refractivity contribution in [2.24, 2.45) is 5.41 Å². The molecule has 0 bridgehead atoms. The van der Waals surface area contributed by atoms with Crippen molar-refractivity contribution in [1.82, 2.24) is 5.32 Å². The zero-order valence-electron chi connectivity index (χ0n) is 13.0. The highest BCUT2D eigenvalue weighted by molar-refractivity contribution is 6.19. The highest BCUT2D eigenvalue weighted by atomic mass is 35.5. The van der Waals surface area contributed by atoms with Gasteiger partial charge in [0.2, 0.25) is 5.91 Å². The number of halogens is 1. The minimum absolute atomic E-state index is 0.0479. The van der Waals surface area contributed by atoms with E-state index in [4.69, 9.17) is 16.3 Å². The van der Waals surface area contributed by atoms with Crippen LogP contribution in [0.5, 0.6) is 5.75 Å². The maximum absolute atomic E-state index is 11.8. The van der Waals surface area contributed by atoms with Gasteiger partial charge in [-0.3, -0.25) is 4.79 Å². The number of hydrogen-bond acceptors (Lipinski definition) is 2. The lowest BCUT2D eigenvalue weighted by molar-refractivity contribution is -0.128. The fourth-order valence-corrected chi connectivity index (χ4v) is 1.90. The molecule has 3 nitrogen and oxygen atoms in total. The molecular weight excluding hydrogens is 274 g/mol. The maximum atomic E-state index is 11.8. The van der Waals surface area contributed by atoms with Crippen LogP contribution in [0, 0.1) is 26.2 Å². The van der Waals surface area contributed by atoms with Crippen LogP contribution >= 0.6 is 11.6 Å². The first-order chi connectivity index (χ1) is 9.27. The Morgan fingerprint density at radius 3 is 2.55 bits per heavy atom. The molecule has 0 aliphatic carbocycles. The number of alkyl halides is 1. The minimum Gasteiger partial charge on any atom is -0.491 e. The molecule has 1 rings (SSSR count). The highest BCUT2D eigenvalue weighted by Crippen LogP contribution is 2.23. The van der Waals surface area contributed by atoms with Crippen LogP contribution in [-0.2, 0) is 4.79 Å². The molecule has 0 aliphatic heterocycles. The summed E-state index contributed by atoms with van der Waals surface area (Å²) in [6.45, 7) is 10.7. The van der Waals surface area contributed by atoms with E-state index in [0.29, 0.717) is 19.0 Å². The lowest BCUT2D eigenvalue weighted by Gasteiger charge is -2.20. The zero-order chi connectivity index (χ0) is 15.3. The second-order valence-electron chi connectivity index (χ2n) is 5.83. The van der Waals surface area contributed by atoms with E-state index >= 15 is 0 Å². The predicted octanol–water partition coefficient (Wildman–Crippen LogP) is 3.37. The number of aryl methyl sites for hydroxylation is 2. The molecule has 1 aromatic rings. The number of ether oxygens (including phenoxy) is 1. The zero-order valence-corrected chi connectivity index (χ0v) is 13.7. The molecule has 0 radical (unpaired) electrons. The standard InChI is InChI=1S/C16H24ClNO2/c1-11-8-12(2)13(3)14(9-11)20-7-6-18-15(19)16(4,5)10-17/h8-9H,6-7,10H2,1-5H3,(H,18,19). The first-order valence-electron chi connectivity index (χ1n) is 6.83. The Bertz CT molecular complexity index is 484. The average Bonchev–Trinajstić information content (AvgIpc) is 2.39. The van der Waals surface area contributed by atoms with Gasteiger partial charge in [0.15, 0.2) is 0 Å². The molecule has 0 aliphatic rings. The van der Waals surface area contributed by atoms with E-state index in [-0.39, 0.29) is 5.91 Å². The van der Waals surface area contributed by atoms with Gasteiger partial charge in [0.1, 0.15) is 12.4 Å². The highest BCUT2D eigenvalue weighted by Gasteiger charge is 2.25. The summed E-state index contributed by atoms with van der Waals surface area (Å²) >= 11 is 5.76. The van der Waals surface area contributed by atoms with E-state index in [2.05, 4.69) is 18.3 Å². The summed E-state index contributed by atoms with van der Waals surface area (Å²) in [5, 5.41) is 2.84. The largest absolute Gasteiger partial charge is 0.491 e. The van der Waals surface area contributed by atoms with Crippen LogP contribution in [0.4, 0.5) is 0 Å². The van der Waals surface area contributed by atoms with Gasteiger partial charge in [-0.1, -0.05) is 6.07 Å². The van der Waals surface area contributed by atoms with Crippen molar-refractivity contribution in [3.8, 4) is 5.75 Å². The first kappa shape index (κ1) is 16.8. The summed E-state index contributed by atoms with van der Waals surface area (Å²) in [7, 11) is 0. The summed E-state index contributed by atoms with van der Waals surface area (Å²) in [6.07, 6.45) is 0. The maximum Gasteiger partial charge on any atom is 0.226 e. The van der Waals surface area contributed by atoms with Gasteiger partial charge in [0, 0.05) is 5.88 Å². The van der Waals surface area contributed by atoms with Crippen molar-refractivity contribution < 1.29 is 9.53 Å². The summed E-state index contributed by atoms with van der Waals surface area (Å²) in [5.74, 6) is 1.14. The molecule has 20 heavy (non-hydrogen) atoms. The summed E-state index contributed by atoms with van der Waals surface area (Å²) in [6, 6.07) is 4.15. The normalized spacial score (nSPS) is 11.3. The summed E-state index contributed by atoms with van der Waals surface area (Å²) < 4.78 is 5.75. The van der Waals surface area contributed by atoms with Gasteiger partial charge in [0.25, 0.3) is 0 Å². The molecule has 0 aromatic heterocycles. The van der Waals surface area contributed by atoms with Crippen molar-refractivity contribution >= 4 is 17.5 Å². The average molecular weight is 298 g/mol. The molecule has 0 spiro atoms. The number of carbonyl (C=O) groups is 1. The smallest absolute Gasteiger partial charge is 0.226 e. The Morgan fingerprint density at radius 2 is 1.95 bits per heavy atom. The molecule has 1 aromatic carbocycles. The van der Waals surface area contributed by atoms with Crippen LogP contribution < -0.4 is 10.1 Å². The number of benzene rings is 1. The van der Waals surface area contributed by atoms with Gasteiger partial charge < -0.3 is 10.1 Å². The molecule has 0 saturated heterocycles. The van der Waals surface area contributed by atoms with Gasteiger partial charge in [0.05, 0.1) is 12.0 Å². The van der Waals surface area contributed by atoms with Crippen molar-refractivity contribution in [2.75, 3.05) is 19.0 Å². The number of rotatable bonds is 6. The van der Waals surface area contributed by atoms with Gasteiger partial charge in [-0.2, -0.15) is 0 Å². The molecule has 0 atom stereocenters. The molecule has 1 N–H and O–H groups in total. The van der Waals surface area contributed by atoms with Crippen LogP contribution in [-0.4, -0.2) is 24.9 Å². The Balaban J connectivity index is 2.48. The number of carbonyl (C=O) groups excluding carboxylic acids is 1. The van der Waals surface area contributed by atoms with Gasteiger partial charge in [-0.05, 0) is 57.4 Å². The monoisotopic (exact) mass is 297 g/mol. The third-order valence-electron chi connectivity index (χ3n) is 3.36. The van der Waals surface area contributed by atoms with E-state index in [1.807, 2.05) is 33.8 Å². The van der Waals surface area contributed by atoms with Crippen molar-refractivity contribution in [3.05, 3.63) is 28.8 Å². The van der Waals surface area contributed by atoms with Gasteiger partial charge in [-0.25, -0.2) is 0 Å². The fourth-order valence-electron chi connectivity index (χ4n) is 1.78. The Morgan fingerprint density at radius 1 is 1.30 bits per heavy atom. The SMILES string of the molecule is Cc1cc(C)c(C)c(OCCNC(=O)C(C)(C)CCl)c1. The van der Waals surface area contributed by atoms with Crippen LogP contribution in [0.15, 0.2) is 12.1 Å². The molecule has 0 unspecified atom stereocenters. The van der Waals surface area contributed by atoms with E-state index in [1.165, 1.54) is 11.1 Å². The van der Waals surface area contributed by atoms with E-state index in [1.54, 1.807) is 0 Å². The molecular formula is C16H24ClNO2. The lowest BCUT2D eigenvalue weighted by atomic mass is 9.95. The van der Waals surface area contributed by atoms with Crippen molar-refractivity contribution in [2.45, 2.75) is 34.6 Å². The number of nitrogens with one attached hydrogen (secondary N) is 1. The Labute approximate surface area is 126 Å². The number of amides is 1. The molecule has 4 heteroatoms. The predicted molar refractivity (Wildman–Crippen MR) is 83.7 cm³/mol. The van der Waals surface area contributed by atoms with Crippen molar-refractivity contribution in [3.63, 3.8) is 0 Å². The number of hydrogen-bond donors (Lipinski definition) is 1. The van der Waals surface area contributed by atoms with Crippen molar-refractivity contribution in [1.29, 1.82) is 0 Å². The molecule has 0 heterocycles. The topological polar surface area (TPSA) is 38.3 Å². The van der Waals surface area contributed by atoms with Gasteiger partial charge >= 0.3 is 0 Å². The lowest BCUT2D eigenvalue weighted by Crippen LogP contribution is -2.39. The summed E-state index contributed by atoms with van der Waals surface area (Å²) in [4.78, 5) is 11.8. The molecule has 1 amide bonds. The van der Waals surface area contributed by atoms with Crippen LogP contribution in [0.25, 0.3) is 0 Å². The summed E-state index contributed by atoms with van der Waals surface area (Å²) in [5.41, 5.74) is 2.99. The molecule has 0 saturated carbocycles. The van der Waals surface area contributed by atoms with Crippen LogP contribution in [0.2, 0.25) is 0 Å². The van der Waals surface area contributed by atoms with E-state index in [9.17, 15) is 4.79 Å².